The predicted molar refractivity (Wildman–Crippen MR) is 113 cm³/mol. The molecule has 1 saturated heterocycles. The number of aromatic nitrogens is 3. The number of benzene rings is 1. The molecule has 1 N–H and O–H groups in total. The van der Waals surface area contributed by atoms with Crippen molar-refractivity contribution in [1.29, 1.82) is 0 Å². The van der Waals surface area contributed by atoms with Crippen LogP contribution in [-0.2, 0) is 22.5 Å². The summed E-state index contributed by atoms with van der Waals surface area (Å²) in [5.41, 5.74) is 2.84. The molecular formula is C21H24N4O3S. The molecule has 3 heterocycles. The molecule has 0 unspecified atom stereocenters. The van der Waals surface area contributed by atoms with Gasteiger partial charge in [0.05, 0.1) is 15.8 Å². The average Bonchev–Trinajstić information content (AvgIpc) is 3.38. The molecule has 1 aliphatic rings. The topological polar surface area (TPSA) is 86.1 Å². The Hall–Kier alpha value is -2.58. The van der Waals surface area contributed by atoms with Gasteiger partial charge in [-0.3, -0.25) is 9.59 Å². The highest BCUT2D eigenvalue weighted by atomic mass is 32.1. The Labute approximate surface area is 172 Å². The van der Waals surface area contributed by atoms with Crippen molar-refractivity contribution in [3.63, 3.8) is 0 Å². The molecule has 1 atom stereocenters. The molecule has 1 aromatic carbocycles. The first-order chi connectivity index (χ1) is 14.0. The molecule has 0 bridgehead atoms. The van der Waals surface area contributed by atoms with Crippen molar-refractivity contribution in [3.05, 3.63) is 45.2 Å². The van der Waals surface area contributed by atoms with Crippen LogP contribution in [0.25, 0.3) is 21.5 Å². The van der Waals surface area contributed by atoms with E-state index in [0.29, 0.717) is 17.8 Å². The van der Waals surface area contributed by atoms with Gasteiger partial charge in [0.15, 0.2) is 5.52 Å². The van der Waals surface area contributed by atoms with E-state index in [1.165, 1.54) is 21.6 Å². The SMILES string of the molecule is CCc1ccc(-c2nn(CC(=O)NC[C@@H]3CCCO3)c(=O)c3nc(C)sc23)cc1. The van der Waals surface area contributed by atoms with Gasteiger partial charge in [-0.1, -0.05) is 31.2 Å². The summed E-state index contributed by atoms with van der Waals surface area (Å²) in [4.78, 5) is 29.7. The highest BCUT2D eigenvalue weighted by Crippen LogP contribution is 2.29. The minimum absolute atomic E-state index is 0.0555. The van der Waals surface area contributed by atoms with E-state index >= 15 is 0 Å². The molecule has 29 heavy (non-hydrogen) atoms. The highest BCUT2D eigenvalue weighted by Gasteiger charge is 2.19. The van der Waals surface area contributed by atoms with Gasteiger partial charge in [0.1, 0.15) is 12.2 Å². The molecule has 8 heteroatoms. The van der Waals surface area contributed by atoms with Crippen molar-refractivity contribution in [2.45, 2.75) is 45.8 Å². The first-order valence-electron chi connectivity index (χ1n) is 9.91. The number of thiazole rings is 1. The van der Waals surface area contributed by atoms with Crippen LogP contribution in [-0.4, -0.2) is 39.9 Å². The summed E-state index contributed by atoms with van der Waals surface area (Å²) in [5, 5.41) is 8.19. The van der Waals surface area contributed by atoms with Crippen LogP contribution in [0, 0.1) is 6.92 Å². The summed E-state index contributed by atoms with van der Waals surface area (Å²) >= 11 is 1.45. The smallest absolute Gasteiger partial charge is 0.294 e. The Kier molecular flexibility index (Phi) is 5.73. The van der Waals surface area contributed by atoms with Crippen LogP contribution in [0.1, 0.15) is 30.3 Å². The molecule has 7 nitrogen and oxygen atoms in total. The number of ether oxygens (including phenoxy) is 1. The number of aryl methyl sites for hydroxylation is 2. The summed E-state index contributed by atoms with van der Waals surface area (Å²) < 4.78 is 7.50. The first kappa shape index (κ1) is 19.7. The Morgan fingerprint density at radius 2 is 2.14 bits per heavy atom. The number of amides is 1. The van der Waals surface area contributed by atoms with Crippen LogP contribution in [0.4, 0.5) is 0 Å². The lowest BCUT2D eigenvalue weighted by Gasteiger charge is -2.12. The van der Waals surface area contributed by atoms with Crippen molar-refractivity contribution in [3.8, 4) is 11.3 Å². The van der Waals surface area contributed by atoms with E-state index in [2.05, 4.69) is 34.5 Å². The molecular weight excluding hydrogens is 388 g/mol. The van der Waals surface area contributed by atoms with E-state index in [1.807, 2.05) is 19.1 Å². The fraction of sp³-hybridized carbons (Fsp3) is 0.429. The number of hydrogen-bond acceptors (Lipinski definition) is 6. The van der Waals surface area contributed by atoms with Crippen LogP contribution < -0.4 is 10.9 Å². The van der Waals surface area contributed by atoms with Gasteiger partial charge in [-0.15, -0.1) is 11.3 Å². The van der Waals surface area contributed by atoms with E-state index in [1.54, 1.807) is 0 Å². The van der Waals surface area contributed by atoms with Crippen molar-refractivity contribution in [1.82, 2.24) is 20.1 Å². The van der Waals surface area contributed by atoms with E-state index < -0.39 is 0 Å². The zero-order valence-corrected chi connectivity index (χ0v) is 17.4. The summed E-state index contributed by atoms with van der Waals surface area (Å²) in [6, 6.07) is 8.12. The maximum absolute atomic E-state index is 12.9. The third kappa shape index (κ3) is 4.23. The Morgan fingerprint density at radius 1 is 1.34 bits per heavy atom. The molecule has 1 fully saturated rings. The van der Waals surface area contributed by atoms with E-state index in [9.17, 15) is 9.59 Å². The maximum Gasteiger partial charge on any atom is 0.294 e. The molecule has 3 aromatic rings. The first-order valence-corrected chi connectivity index (χ1v) is 10.7. The van der Waals surface area contributed by atoms with Gasteiger partial charge < -0.3 is 10.1 Å². The third-order valence-electron chi connectivity index (χ3n) is 5.09. The number of nitrogens with one attached hydrogen (secondary N) is 1. The number of carbonyl (C=O) groups is 1. The van der Waals surface area contributed by atoms with Gasteiger partial charge in [0, 0.05) is 18.7 Å². The predicted octanol–water partition coefficient (Wildman–Crippen LogP) is 2.69. The second-order valence-electron chi connectivity index (χ2n) is 7.21. The van der Waals surface area contributed by atoms with Crippen LogP contribution in [0.3, 0.4) is 0 Å². The molecule has 2 aromatic heterocycles. The third-order valence-corrected chi connectivity index (χ3v) is 6.06. The highest BCUT2D eigenvalue weighted by molar-refractivity contribution is 7.19. The van der Waals surface area contributed by atoms with E-state index in [4.69, 9.17) is 4.74 Å². The number of hydrogen-bond donors (Lipinski definition) is 1. The lowest BCUT2D eigenvalue weighted by molar-refractivity contribution is -0.122. The lowest BCUT2D eigenvalue weighted by atomic mass is 10.1. The minimum Gasteiger partial charge on any atom is -0.376 e. The van der Waals surface area contributed by atoms with Crippen molar-refractivity contribution in [2.75, 3.05) is 13.2 Å². The molecule has 1 amide bonds. The van der Waals surface area contributed by atoms with E-state index in [-0.39, 0.29) is 24.1 Å². The lowest BCUT2D eigenvalue weighted by Crippen LogP contribution is -2.37. The molecule has 0 saturated carbocycles. The monoisotopic (exact) mass is 412 g/mol. The standard InChI is InChI=1S/C21H24N4O3S/c1-3-14-6-8-15(9-7-14)18-20-19(23-13(2)29-20)21(27)25(24-18)12-17(26)22-11-16-5-4-10-28-16/h6-9,16H,3-5,10-12H2,1-2H3,(H,22,26)/t16-/m0/s1. The van der Waals surface area contributed by atoms with Gasteiger partial charge in [0.25, 0.3) is 5.56 Å². The molecule has 152 valence electrons. The van der Waals surface area contributed by atoms with E-state index in [0.717, 1.165) is 41.1 Å². The minimum atomic E-state index is -0.342. The fourth-order valence-electron chi connectivity index (χ4n) is 3.49. The molecule has 1 aliphatic heterocycles. The summed E-state index contributed by atoms with van der Waals surface area (Å²) in [5.74, 6) is -0.256. The Morgan fingerprint density at radius 3 is 2.83 bits per heavy atom. The van der Waals surface area contributed by atoms with Crippen LogP contribution in [0.5, 0.6) is 0 Å². The normalized spacial score (nSPS) is 16.4. The Bertz CT molecular complexity index is 1080. The quantitative estimate of drug-likeness (QED) is 0.673. The zero-order valence-electron chi connectivity index (χ0n) is 16.6. The average molecular weight is 413 g/mol. The van der Waals surface area contributed by atoms with Crippen molar-refractivity contribution >= 4 is 27.5 Å². The van der Waals surface area contributed by atoms with Gasteiger partial charge in [-0.2, -0.15) is 5.10 Å². The van der Waals surface area contributed by atoms with Gasteiger partial charge in [-0.25, -0.2) is 9.67 Å². The maximum atomic E-state index is 12.9. The summed E-state index contributed by atoms with van der Waals surface area (Å²) in [6.45, 7) is 5.02. The Balaban J connectivity index is 1.65. The number of rotatable bonds is 6. The molecule has 0 spiro atoms. The zero-order chi connectivity index (χ0) is 20.4. The summed E-state index contributed by atoms with van der Waals surface area (Å²) in [6.07, 6.45) is 2.97. The fourth-order valence-corrected chi connectivity index (χ4v) is 4.40. The van der Waals surface area contributed by atoms with Gasteiger partial charge >= 0.3 is 0 Å². The summed E-state index contributed by atoms with van der Waals surface area (Å²) in [7, 11) is 0. The molecule has 0 radical (unpaired) electrons. The van der Waals surface area contributed by atoms with Gasteiger partial charge in [-0.05, 0) is 31.7 Å². The second kappa shape index (κ2) is 8.42. The van der Waals surface area contributed by atoms with Gasteiger partial charge in [0.2, 0.25) is 5.91 Å². The van der Waals surface area contributed by atoms with Crippen LogP contribution >= 0.6 is 11.3 Å². The van der Waals surface area contributed by atoms with Crippen molar-refractivity contribution in [2.24, 2.45) is 0 Å². The molecule has 4 rings (SSSR count). The number of nitrogens with zero attached hydrogens (tertiary/aromatic N) is 3. The molecule has 0 aliphatic carbocycles. The number of fused-ring (bicyclic) bond motifs is 1. The second-order valence-corrected chi connectivity index (χ2v) is 8.41. The largest absolute Gasteiger partial charge is 0.376 e. The number of carbonyl (C=O) groups excluding carboxylic acids is 1. The van der Waals surface area contributed by atoms with Crippen LogP contribution in [0.15, 0.2) is 29.1 Å². The van der Waals surface area contributed by atoms with Crippen molar-refractivity contribution < 1.29 is 9.53 Å². The van der Waals surface area contributed by atoms with Crippen LogP contribution in [0.2, 0.25) is 0 Å².